The molecule has 0 spiro atoms. The van der Waals surface area contributed by atoms with Crippen LogP contribution in [0.4, 0.5) is 26.3 Å². The van der Waals surface area contributed by atoms with E-state index in [9.17, 15) is 35.9 Å². The van der Waals surface area contributed by atoms with Crippen molar-refractivity contribution in [3.05, 3.63) is 87.3 Å². The molecule has 0 saturated carbocycles. The van der Waals surface area contributed by atoms with Crippen LogP contribution >= 0.6 is 0 Å². The first-order chi connectivity index (χ1) is 15.8. The Kier molecular flexibility index (Phi) is 6.71. The molecular weight excluding hydrogens is 468 g/mol. The van der Waals surface area contributed by atoms with Gasteiger partial charge in [-0.15, -0.1) is 13.2 Å². The fourth-order valence-electron chi connectivity index (χ4n) is 3.20. The van der Waals surface area contributed by atoms with Crippen molar-refractivity contribution in [2.24, 2.45) is 0 Å². The van der Waals surface area contributed by atoms with Crippen molar-refractivity contribution in [3.8, 4) is 11.4 Å². The van der Waals surface area contributed by atoms with Crippen LogP contribution in [0.15, 0.2) is 59.4 Å². The van der Waals surface area contributed by atoms with Gasteiger partial charge in [0.2, 0.25) is 5.43 Å². The number of carbonyl (C=O) groups is 1. The zero-order valence-electron chi connectivity index (χ0n) is 17.7. The van der Waals surface area contributed by atoms with Crippen molar-refractivity contribution in [3.63, 3.8) is 0 Å². The average Bonchev–Trinajstić information content (AvgIpc) is 2.73. The molecule has 34 heavy (non-hydrogen) atoms. The third kappa shape index (κ3) is 5.56. The Morgan fingerprint density at radius 3 is 2.29 bits per heavy atom. The normalized spacial score (nSPS) is 11.9. The predicted octanol–water partition coefficient (Wildman–Crippen LogP) is 4.73. The summed E-state index contributed by atoms with van der Waals surface area (Å²) in [5.74, 6) is -1.53. The highest BCUT2D eigenvalue weighted by Gasteiger charge is 2.35. The second-order valence-electron chi connectivity index (χ2n) is 7.24. The molecule has 1 aromatic heterocycles. The summed E-state index contributed by atoms with van der Waals surface area (Å²) in [6.07, 6.45) is -9.69. The fourth-order valence-corrected chi connectivity index (χ4v) is 3.20. The zero-order chi connectivity index (χ0) is 25.3. The molecule has 0 bridgehead atoms. The first kappa shape index (κ1) is 24.8. The fraction of sp³-hybridized carbons (Fsp3) is 0.227. The second kappa shape index (κ2) is 9.20. The van der Waals surface area contributed by atoms with Crippen LogP contribution in [0.2, 0.25) is 0 Å². The van der Waals surface area contributed by atoms with Crippen LogP contribution in [0.5, 0.6) is 5.75 Å². The Morgan fingerprint density at radius 1 is 1.03 bits per heavy atom. The van der Waals surface area contributed by atoms with Crippen molar-refractivity contribution in [2.45, 2.75) is 26.0 Å². The van der Waals surface area contributed by atoms with E-state index in [1.165, 1.54) is 44.3 Å². The molecule has 0 unspecified atom stereocenters. The first-order valence-electron chi connectivity index (χ1n) is 9.64. The van der Waals surface area contributed by atoms with E-state index in [4.69, 9.17) is 0 Å². The summed E-state index contributed by atoms with van der Waals surface area (Å²) >= 11 is 0. The van der Waals surface area contributed by atoms with Crippen LogP contribution in [0.1, 0.15) is 27.3 Å². The number of rotatable bonds is 5. The van der Waals surface area contributed by atoms with E-state index in [0.717, 1.165) is 33.8 Å². The molecular formula is C22H17F6N3O3. The Balaban J connectivity index is 1.98. The number of nitrogens with zero attached hydrogens (tertiary/aromatic N) is 3. The number of carbonyl (C=O) groups excluding carboxylic acids is 1. The molecule has 0 aliphatic rings. The topological polar surface area (TPSA) is 64.4 Å². The van der Waals surface area contributed by atoms with E-state index in [0.29, 0.717) is 0 Å². The minimum atomic E-state index is -4.96. The Morgan fingerprint density at radius 2 is 1.65 bits per heavy atom. The number of benzene rings is 2. The number of para-hydroxylation sites is 2. The highest BCUT2D eigenvalue weighted by Crippen LogP contribution is 2.33. The van der Waals surface area contributed by atoms with E-state index in [1.54, 1.807) is 0 Å². The molecule has 0 N–H and O–H groups in total. The molecule has 3 rings (SSSR count). The summed E-state index contributed by atoms with van der Waals surface area (Å²) in [5, 5.41) is 3.86. The number of aryl methyl sites for hydroxylation is 1. The molecule has 6 nitrogen and oxygen atoms in total. The number of aromatic nitrogens is 2. The molecule has 2 aromatic carbocycles. The minimum Gasteiger partial charge on any atom is -0.405 e. The van der Waals surface area contributed by atoms with Gasteiger partial charge in [0.1, 0.15) is 5.75 Å². The van der Waals surface area contributed by atoms with Gasteiger partial charge >= 0.3 is 12.5 Å². The standard InChI is InChI=1S/C22H17F6N3O3/c1-13-11-17(32)19(29-31(13)16-9-5-4-8-15(16)21(23,24)25)20(33)30(2)12-14-7-3-6-10-18(14)34-22(26,27)28/h3-11H,12H2,1-2H3. The Hall–Kier alpha value is -3.83. The SMILES string of the molecule is Cc1cc(=O)c(C(=O)N(C)Cc2ccccc2OC(F)(F)F)nn1-c1ccccc1C(F)(F)F. The van der Waals surface area contributed by atoms with Crippen LogP contribution in [0, 0.1) is 6.92 Å². The summed E-state index contributed by atoms with van der Waals surface area (Å²) in [4.78, 5) is 26.3. The van der Waals surface area contributed by atoms with E-state index in [-0.39, 0.29) is 17.8 Å². The Bertz CT molecular complexity index is 1270. The molecule has 0 saturated heterocycles. The number of alkyl halides is 6. The van der Waals surface area contributed by atoms with E-state index >= 15 is 0 Å². The third-order valence-electron chi connectivity index (χ3n) is 4.70. The molecule has 1 amide bonds. The smallest absolute Gasteiger partial charge is 0.405 e. The van der Waals surface area contributed by atoms with Gasteiger partial charge in [0.25, 0.3) is 5.91 Å². The van der Waals surface area contributed by atoms with Crippen molar-refractivity contribution in [1.29, 1.82) is 0 Å². The van der Waals surface area contributed by atoms with Gasteiger partial charge in [0.05, 0.1) is 11.3 Å². The lowest BCUT2D eigenvalue weighted by atomic mass is 10.1. The van der Waals surface area contributed by atoms with Crippen molar-refractivity contribution >= 4 is 5.91 Å². The summed E-state index contributed by atoms with van der Waals surface area (Å²) in [6, 6.07) is 10.6. The lowest BCUT2D eigenvalue weighted by molar-refractivity contribution is -0.275. The molecule has 3 aromatic rings. The minimum absolute atomic E-state index is 0.00877. The number of amides is 1. The maximum absolute atomic E-state index is 13.5. The molecule has 1 heterocycles. The molecule has 0 aliphatic heterocycles. The van der Waals surface area contributed by atoms with E-state index in [1.807, 2.05) is 0 Å². The van der Waals surface area contributed by atoms with Crippen LogP contribution in [0.25, 0.3) is 5.69 Å². The lowest BCUT2D eigenvalue weighted by Crippen LogP contribution is -2.33. The van der Waals surface area contributed by atoms with Crippen LogP contribution < -0.4 is 10.2 Å². The highest BCUT2D eigenvalue weighted by atomic mass is 19.4. The summed E-state index contributed by atoms with van der Waals surface area (Å²) in [5.41, 5.74) is -2.93. The first-order valence-corrected chi connectivity index (χ1v) is 9.64. The lowest BCUT2D eigenvalue weighted by Gasteiger charge is -2.20. The summed E-state index contributed by atoms with van der Waals surface area (Å²) < 4.78 is 83.1. The van der Waals surface area contributed by atoms with Gasteiger partial charge < -0.3 is 9.64 Å². The van der Waals surface area contributed by atoms with Crippen LogP contribution in [-0.4, -0.2) is 34.0 Å². The van der Waals surface area contributed by atoms with Gasteiger partial charge in [-0.3, -0.25) is 9.59 Å². The van der Waals surface area contributed by atoms with Gasteiger partial charge in [-0.05, 0) is 25.1 Å². The monoisotopic (exact) mass is 485 g/mol. The molecule has 0 atom stereocenters. The zero-order valence-corrected chi connectivity index (χ0v) is 17.7. The van der Waals surface area contributed by atoms with E-state index in [2.05, 4.69) is 9.84 Å². The van der Waals surface area contributed by atoms with E-state index < -0.39 is 46.6 Å². The van der Waals surface area contributed by atoms with Gasteiger partial charge in [0.15, 0.2) is 5.69 Å². The number of hydrogen-bond acceptors (Lipinski definition) is 4. The van der Waals surface area contributed by atoms with Crippen molar-refractivity contribution < 1.29 is 35.9 Å². The van der Waals surface area contributed by atoms with Crippen LogP contribution in [-0.2, 0) is 12.7 Å². The number of halogens is 6. The summed E-state index contributed by atoms with van der Waals surface area (Å²) in [7, 11) is 1.21. The molecule has 0 fully saturated rings. The maximum atomic E-state index is 13.5. The highest BCUT2D eigenvalue weighted by molar-refractivity contribution is 5.92. The largest absolute Gasteiger partial charge is 0.573 e. The molecule has 12 heteroatoms. The predicted molar refractivity (Wildman–Crippen MR) is 108 cm³/mol. The maximum Gasteiger partial charge on any atom is 0.573 e. The Labute approximate surface area is 189 Å². The van der Waals surface area contributed by atoms with Crippen LogP contribution in [0.3, 0.4) is 0 Å². The molecule has 0 aliphatic carbocycles. The van der Waals surface area contributed by atoms with Crippen molar-refractivity contribution in [2.75, 3.05) is 7.05 Å². The number of hydrogen-bond donors (Lipinski definition) is 0. The van der Waals surface area contributed by atoms with Gasteiger partial charge in [-0.2, -0.15) is 18.3 Å². The average molecular weight is 485 g/mol. The number of ether oxygens (including phenoxy) is 1. The quantitative estimate of drug-likeness (QED) is 0.491. The molecule has 180 valence electrons. The van der Waals surface area contributed by atoms with Gasteiger partial charge in [-0.1, -0.05) is 30.3 Å². The van der Waals surface area contributed by atoms with Crippen molar-refractivity contribution in [1.82, 2.24) is 14.7 Å². The second-order valence-corrected chi connectivity index (χ2v) is 7.24. The third-order valence-corrected chi connectivity index (χ3v) is 4.70. The van der Waals surface area contributed by atoms with Gasteiger partial charge in [-0.25, -0.2) is 4.68 Å². The summed E-state index contributed by atoms with van der Waals surface area (Å²) in [6.45, 7) is 0.962. The molecule has 0 radical (unpaired) electrons. The van der Waals surface area contributed by atoms with Gasteiger partial charge in [0, 0.05) is 30.9 Å².